The summed E-state index contributed by atoms with van der Waals surface area (Å²) in [4.78, 5) is 19.4. The number of rotatable bonds is 6. The molecule has 5 nitrogen and oxygen atoms in total. The molecule has 0 aliphatic heterocycles. The lowest BCUT2D eigenvalue weighted by Crippen LogP contribution is -2.54. The molecule has 6 heteroatoms. The molecule has 1 aromatic heterocycles. The van der Waals surface area contributed by atoms with Crippen molar-refractivity contribution in [2.24, 2.45) is 0 Å². The van der Waals surface area contributed by atoms with Gasteiger partial charge in [-0.1, -0.05) is 11.8 Å². The van der Waals surface area contributed by atoms with Crippen LogP contribution in [0.15, 0.2) is 23.6 Å². The van der Waals surface area contributed by atoms with Gasteiger partial charge in [-0.15, -0.1) is 0 Å². The summed E-state index contributed by atoms with van der Waals surface area (Å²) < 4.78 is 0. The third-order valence-electron chi connectivity index (χ3n) is 2.11. The average Bonchev–Trinajstić information content (AvgIpc) is 2.27. The molecule has 0 aliphatic rings. The molecule has 2 N–H and O–H groups in total. The predicted molar refractivity (Wildman–Crippen MR) is 67.1 cm³/mol. The minimum Gasteiger partial charge on any atom is -0.480 e. The van der Waals surface area contributed by atoms with Gasteiger partial charge in [-0.25, -0.2) is 9.97 Å². The third kappa shape index (κ3) is 4.32. The molecule has 0 saturated heterocycles. The summed E-state index contributed by atoms with van der Waals surface area (Å²) in [6, 6.07) is 1.83. The Hall–Kier alpha value is -1.14. The fraction of sp³-hybridized carbons (Fsp3) is 0.545. The summed E-state index contributed by atoms with van der Waals surface area (Å²) >= 11 is 1.33. The van der Waals surface area contributed by atoms with Gasteiger partial charge in [-0.2, -0.15) is 0 Å². The fourth-order valence-corrected chi connectivity index (χ4v) is 2.27. The lowest BCUT2D eigenvalue weighted by atomic mass is 10.1. The zero-order valence-corrected chi connectivity index (χ0v) is 11.0. The van der Waals surface area contributed by atoms with Gasteiger partial charge < -0.3 is 5.11 Å². The lowest BCUT2D eigenvalue weighted by molar-refractivity contribution is -0.143. The van der Waals surface area contributed by atoms with E-state index in [0.29, 0.717) is 10.9 Å². The van der Waals surface area contributed by atoms with Crippen LogP contribution in [0.2, 0.25) is 0 Å². The minimum absolute atomic E-state index is 0.105. The van der Waals surface area contributed by atoms with E-state index in [1.807, 2.05) is 13.8 Å². The quantitative estimate of drug-likeness (QED) is 0.591. The summed E-state index contributed by atoms with van der Waals surface area (Å²) in [6.07, 6.45) is 3.28. The molecular formula is C11H17N3O2S. The molecule has 0 aromatic carbocycles. The van der Waals surface area contributed by atoms with Crippen LogP contribution >= 0.6 is 11.8 Å². The molecule has 0 spiro atoms. The van der Waals surface area contributed by atoms with Gasteiger partial charge in [0.1, 0.15) is 5.54 Å². The molecule has 1 unspecified atom stereocenters. The predicted octanol–water partition coefficient (Wildman–Crippen LogP) is 1.41. The van der Waals surface area contributed by atoms with E-state index >= 15 is 0 Å². The Morgan fingerprint density at radius 1 is 1.53 bits per heavy atom. The SMILES string of the molecule is CC(C)NC(C)(CSc1ncccn1)C(=O)O. The third-order valence-corrected chi connectivity index (χ3v) is 3.30. The molecule has 0 amide bonds. The molecule has 0 fully saturated rings. The van der Waals surface area contributed by atoms with Crippen molar-refractivity contribution in [3.05, 3.63) is 18.5 Å². The first-order chi connectivity index (χ1) is 7.94. The van der Waals surface area contributed by atoms with Crippen LogP contribution in [0.4, 0.5) is 0 Å². The van der Waals surface area contributed by atoms with Crippen molar-refractivity contribution in [2.75, 3.05) is 5.75 Å². The molecule has 1 rings (SSSR count). The van der Waals surface area contributed by atoms with Gasteiger partial charge in [0.2, 0.25) is 0 Å². The number of hydrogen-bond donors (Lipinski definition) is 2. The highest BCUT2D eigenvalue weighted by molar-refractivity contribution is 7.99. The molecule has 17 heavy (non-hydrogen) atoms. The van der Waals surface area contributed by atoms with Crippen LogP contribution in [0.25, 0.3) is 0 Å². The van der Waals surface area contributed by atoms with Gasteiger partial charge >= 0.3 is 5.97 Å². The van der Waals surface area contributed by atoms with Crippen LogP contribution in [0.5, 0.6) is 0 Å². The van der Waals surface area contributed by atoms with Gasteiger partial charge in [0, 0.05) is 24.2 Å². The van der Waals surface area contributed by atoms with Crippen LogP contribution in [-0.2, 0) is 4.79 Å². The van der Waals surface area contributed by atoms with E-state index in [0.717, 1.165) is 0 Å². The van der Waals surface area contributed by atoms with E-state index in [1.54, 1.807) is 25.4 Å². The number of nitrogens with one attached hydrogen (secondary N) is 1. The Morgan fingerprint density at radius 2 is 2.12 bits per heavy atom. The summed E-state index contributed by atoms with van der Waals surface area (Å²) in [7, 11) is 0. The smallest absolute Gasteiger partial charge is 0.324 e. The van der Waals surface area contributed by atoms with Crippen LogP contribution < -0.4 is 5.32 Å². The molecular weight excluding hydrogens is 238 g/mol. The molecule has 0 aliphatic carbocycles. The zero-order chi connectivity index (χ0) is 12.9. The van der Waals surface area contributed by atoms with Gasteiger partial charge in [0.05, 0.1) is 0 Å². The van der Waals surface area contributed by atoms with Crippen LogP contribution in [0.1, 0.15) is 20.8 Å². The Morgan fingerprint density at radius 3 is 2.59 bits per heavy atom. The maximum atomic E-state index is 11.3. The fourth-order valence-electron chi connectivity index (χ4n) is 1.37. The molecule has 1 heterocycles. The van der Waals surface area contributed by atoms with Gasteiger partial charge in [-0.3, -0.25) is 10.1 Å². The van der Waals surface area contributed by atoms with Crippen LogP contribution in [-0.4, -0.2) is 38.4 Å². The number of carboxylic acid groups (broad SMARTS) is 1. The maximum Gasteiger partial charge on any atom is 0.324 e. The Bertz CT molecular complexity index is 372. The second-order valence-electron chi connectivity index (χ2n) is 4.26. The largest absolute Gasteiger partial charge is 0.480 e. The van der Waals surface area contributed by atoms with Crippen molar-refractivity contribution in [2.45, 2.75) is 37.5 Å². The molecule has 0 radical (unpaired) electrons. The first-order valence-electron chi connectivity index (χ1n) is 5.35. The number of aliphatic carboxylic acids is 1. The first-order valence-corrected chi connectivity index (χ1v) is 6.33. The zero-order valence-electron chi connectivity index (χ0n) is 10.2. The van der Waals surface area contributed by atoms with Crippen LogP contribution in [0.3, 0.4) is 0 Å². The minimum atomic E-state index is -0.974. The van der Waals surface area contributed by atoms with Crippen molar-refractivity contribution >= 4 is 17.7 Å². The number of nitrogens with zero attached hydrogens (tertiary/aromatic N) is 2. The Balaban J connectivity index is 2.65. The second-order valence-corrected chi connectivity index (χ2v) is 5.20. The molecule has 0 saturated carbocycles. The van der Waals surface area contributed by atoms with Crippen molar-refractivity contribution in [1.82, 2.24) is 15.3 Å². The van der Waals surface area contributed by atoms with Crippen molar-refractivity contribution in [3.63, 3.8) is 0 Å². The van der Waals surface area contributed by atoms with Crippen molar-refractivity contribution in [1.29, 1.82) is 0 Å². The topological polar surface area (TPSA) is 75.1 Å². The average molecular weight is 255 g/mol. The summed E-state index contributed by atoms with van der Waals surface area (Å²) in [5.41, 5.74) is -0.974. The number of thioether (sulfide) groups is 1. The standard InChI is InChI=1S/C11H17N3O2S/c1-8(2)14-11(3,9(15)16)7-17-10-12-5-4-6-13-10/h4-6,8,14H,7H2,1-3H3,(H,15,16). The lowest BCUT2D eigenvalue weighted by Gasteiger charge is -2.27. The van der Waals surface area contributed by atoms with E-state index in [9.17, 15) is 9.90 Å². The van der Waals surface area contributed by atoms with E-state index in [2.05, 4.69) is 15.3 Å². The number of carboxylic acids is 1. The normalized spacial score (nSPS) is 14.6. The van der Waals surface area contributed by atoms with Crippen molar-refractivity contribution in [3.8, 4) is 0 Å². The Labute approximate surface area is 105 Å². The second kappa shape index (κ2) is 5.97. The molecule has 1 aromatic rings. The highest BCUT2D eigenvalue weighted by Crippen LogP contribution is 2.19. The van der Waals surface area contributed by atoms with Crippen molar-refractivity contribution < 1.29 is 9.90 Å². The number of aromatic nitrogens is 2. The van der Waals surface area contributed by atoms with Gasteiger partial charge in [0.25, 0.3) is 0 Å². The van der Waals surface area contributed by atoms with E-state index < -0.39 is 11.5 Å². The van der Waals surface area contributed by atoms with E-state index in [4.69, 9.17) is 0 Å². The van der Waals surface area contributed by atoms with Crippen LogP contribution in [0, 0.1) is 0 Å². The Kier molecular flexibility index (Phi) is 4.89. The van der Waals surface area contributed by atoms with E-state index in [1.165, 1.54) is 11.8 Å². The maximum absolute atomic E-state index is 11.3. The molecule has 1 atom stereocenters. The number of hydrogen-bond acceptors (Lipinski definition) is 5. The summed E-state index contributed by atoms with van der Waals surface area (Å²) in [6.45, 7) is 5.51. The highest BCUT2D eigenvalue weighted by atomic mass is 32.2. The van der Waals surface area contributed by atoms with Gasteiger partial charge in [0.15, 0.2) is 5.16 Å². The van der Waals surface area contributed by atoms with Gasteiger partial charge in [-0.05, 0) is 26.8 Å². The molecule has 0 bridgehead atoms. The monoisotopic (exact) mass is 255 g/mol. The summed E-state index contributed by atoms with van der Waals surface area (Å²) in [5, 5.41) is 12.9. The highest BCUT2D eigenvalue weighted by Gasteiger charge is 2.33. The molecule has 94 valence electrons. The van der Waals surface area contributed by atoms with E-state index in [-0.39, 0.29) is 6.04 Å². The number of carbonyl (C=O) groups is 1. The first kappa shape index (κ1) is 13.9. The summed E-state index contributed by atoms with van der Waals surface area (Å²) in [5.74, 6) is -0.487.